The average Bonchev–Trinajstić information content (AvgIpc) is 3.52. The van der Waals surface area contributed by atoms with E-state index in [9.17, 15) is 9.59 Å². The van der Waals surface area contributed by atoms with Gasteiger partial charge in [-0.15, -0.1) is 0 Å². The predicted molar refractivity (Wildman–Crippen MR) is 113 cm³/mol. The van der Waals surface area contributed by atoms with Crippen LogP contribution in [-0.2, 0) is 16.1 Å². The summed E-state index contributed by atoms with van der Waals surface area (Å²) in [6.45, 7) is 2.18. The lowest BCUT2D eigenvalue weighted by Crippen LogP contribution is -2.31. The highest BCUT2D eigenvalue weighted by atomic mass is 16.5. The SMILES string of the molecule is Cc1ccc(CN(C)C(=O)COC(=O)c2cc(C3CC3)nn2-c2ccccc2)cc1. The molecule has 0 radical (unpaired) electrons. The third-order valence-electron chi connectivity index (χ3n) is 5.23. The summed E-state index contributed by atoms with van der Waals surface area (Å²) in [5.74, 6) is -0.392. The Labute approximate surface area is 176 Å². The number of carbonyl (C=O) groups is 2. The minimum Gasteiger partial charge on any atom is -0.451 e. The van der Waals surface area contributed by atoms with Gasteiger partial charge in [0.2, 0.25) is 0 Å². The molecule has 1 aromatic heterocycles. The third kappa shape index (κ3) is 4.59. The highest BCUT2D eigenvalue weighted by Gasteiger charge is 2.29. The number of ether oxygens (including phenoxy) is 1. The van der Waals surface area contributed by atoms with Gasteiger partial charge >= 0.3 is 5.97 Å². The summed E-state index contributed by atoms with van der Waals surface area (Å²) >= 11 is 0. The Kier molecular flexibility index (Phi) is 5.65. The Balaban J connectivity index is 1.42. The fourth-order valence-corrected chi connectivity index (χ4v) is 3.26. The average molecular weight is 403 g/mol. The van der Waals surface area contributed by atoms with Gasteiger partial charge < -0.3 is 9.64 Å². The number of nitrogens with zero attached hydrogens (tertiary/aromatic N) is 3. The van der Waals surface area contributed by atoms with Crippen molar-refractivity contribution in [1.82, 2.24) is 14.7 Å². The van der Waals surface area contributed by atoms with E-state index in [0.717, 1.165) is 29.8 Å². The molecule has 0 saturated heterocycles. The van der Waals surface area contributed by atoms with Crippen LogP contribution in [0, 0.1) is 6.92 Å². The van der Waals surface area contributed by atoms with E-state index in [2.05, 4.69) is 5.10 Å². The van der Waals surface area contributed by atoms with Crippen LogP contribution in [0.1, 0.15) is 46.1 Å². The molecule has 6 heteroatoms. The molecular formula is C24H25N3O3. The first-order chi connectivity index (χ1) is 14.5. The van der Waals surface area contributed by atoms with Gasteiger partial charge in [0.1, 0.15) is 0 Å². The molecule has 0 atom stereocenters. The molecule has 2 aromatic carbocycles. The van der Waals surface area contributed by atoms with Crippen molar-refractivity contribution in [3.8, 4) is 5.69 Å². The number of likely N-dealkylation sites (N-methyl/N-ethyl adjacent to an activating group) is 1. The van der Waals surface area contributed by atoms with E-state index in [1.807, 2.05) is 61.5 Å². The standard InChI is InChI=1S/C24H25N3O3/c1-17-8-10-18(11-9-17)15-26(2)23(28)16-30-24(29)22-14-21(19-12-13-19)25-27(22)20-6-4-3-5-7-20/h3-11,14,19H,12-13,15-16H2,1-2H3. The number of hydrogen-bond donors (Lipinski definition) is 0. The molecule has 1 heterocycles. The smallest absolute Gasteiger partial charge is 0.357 e. The quantitative estimate of drug-likeness (QED) is 0.562. The van der Waals surface area contributed by atoms with Gasteiger partial charge in [0, 0.05) is 19.5 Å². The minimum atomic E-state index is -0.546. The molecule has 1 amide bonds. The maximum Gasteiger partial charge on any atom is 0.357 e. The van der Waals surface area contributed by atoms with Gasteiger partial charge in [-0.2, -0.15) is 5.10 Å². The summed E-state index contributed by atoms with van der Waals surface area (Å²) in [5.41, 5.74) is 4.23. The third-order valence-corrected chi connectivity index (χ3v) is 5.23. The van der Waals surface area contributed by atoms with Gasteiger partial charge in [-0.1, -0.05) is 48.0 Å². The van der Waals surface area contributed by atoms with Crippen LogP contribution in [0.5, 0.6) is 0 Å². The number of para-hydroxylation sites is 1. The molecule has 1 aliphatic carbocycles. The van der Waals surface area contributed by atoms with E-state index >= 15 is 0 Å². The Morgan fingerprint density at radius 1 is 1.10 bits per heavy atom. The number of rotatable bonds is 7. The van der Waals surface area contributed by atoms with E-state index in [-0.39, 0.29) is 12.5 Å². The van der Waals surface area contributed by atoms with Crippen molar-refractivity contribution in [2.75, 3.05) is 13.7 Å². The molecule has 0 bridgehead atoms. The van der Waals surface area contributed by atoms with Gasteiger partial charge in [0.15, 0.2) is 12.3 Å². The van der Waals surface area contributed by atoms with Crippen molar-refractivity contribution in [2.45, 2.75) is 32.2 Å². The second kappa shape index (κ2) is 8.53. The number of hydrogen-bond acceptors (Lipinski definition) is 4. The maximum absolute atomic E-state index is 12.8. The van der Waals surface area contributed by atoms with Gasteiger partial charge in [-0.25, -0.2) is 9.48 Å². The van der Waals surface area contributed by atoms with E-state index in [0.29, 0.717) is 18.2 Å². The first-order valence-electron chi connectivity index (χ1n) is 10.1. The maximum atomic E-state index is 12.8. The van der Waals surface area contributed by atoms with Crippen molar-refractivity contribution in [2.24, 2.45) is 0 Å². The zero-order valence-electron chi connectivity index (χ0n) is 17.2. The fraction of sp³-hybridized carbons (Fsp3) is 0.292. The number of carbonyl (C=O) groups excluding carboxylic acids is 2. The molecule has 0 N–H and O–H groups in total. The van der Waals surface area contributed by atoms with Gasteiger partial charge in [-0.05, 0) is 43.5 Å². The van der Waals surface area contributed by atoms with Gasteiger partial charge in [0.05, 0.1) is 11.4 Å². The first-order valence-corrected chi connectivity index (χ1v) is 10.1. The zero-order valence-corrected chi connectivity index (χ0v) is 17.2. The summed E-state index contributed by atoms with van der Waals surface area (Å²) in [4.78, 5) is 26.8. The summed E-state index contributed by atoms with van der Waals surface area (Å²) < 4.78 is 6.96. The van der Waals surface area contributed by atoms with E-state index in [1.165, 1.54) is 5.56 Å². The van der Waals surface area contributed by atoms with Crippen molar-refractivity contribution in [3.63, 3.8) is 0 Å². The summed E-state index contributed by atoms with van der Waals surface area (Å²) in [7, 11) is 1.70. The van der Waals surface area contributed by atoms with Crippen LogP contribution in [0.2, 0.25) is 0 Å². The molecule has 30 heavy (non-hydrogen) atoms. The van der Waals surface area contributed by atoms with Gasteiger partial charge in [-0.3, -0.25) is 4.79 Å². The molecular weight excluding hydrogens is 378 g/mol. The largest absolute Gasteiger partial charge is 0.451 e. The number of esters is 1. The second-order valence-electron chi connectivity index (χ2n) is 7.79. The van der Waals surface area contributed by atoms with Crippen LogP contribution in [0.4, 0.5) is 0 Å². The lowest BCUT2D eigenvalue weighted by atomic mass is 10.1. The Bertz CT molecular complexity index is 1040. The van der Waals surface area contributed by atoms with Crippen LogP contribution >= 0.6 is 0 Å². The van der Waals surface area contributed by atoms with Crippen LogP contribution in [0.15, 0.2) is 60.7 Å². The molecule has 154 valence electrons. The lowest BCUT2D eigenvalue weighted by molar-refractivity contribution is -0.133. The van der Waals surface area contributed by atoms with Crippen molar-refractivity contribution in [1.29, 1.82) is 0 Å². The van der Waals surface area contributed by atoms with Gasteiger partial charge in [0.25, 0.3) is 5.91 Å². The van der Waals surface area contributed by atoms with E-state index < -0.39 is 5.97 Å². The van der Waals surface area contributed by atoms with Crippen molar-refractivity contribution >= 4 is 11.9 Å². The van der Waals surface area contributed by atoms with Crippen molar-refractivity contribution < 1.29 is 14.3 Å². The normalized spacial score (nSPS) is 13.1. The summed E-state index contributed by atoms with van der Waals surface area (Å²) in [5, 5.41) is 4.61. The molecule has 0 spiro atoms. The Hall–Kier alpha value is -3.41. The molecule has 1 fully saturated rings. The monoisotopic (exact) mass is 403 g/mol. The van der Waals surface area contributed by atoms with Crippen LogP contribution in [0.25, 0.3) is 5.69 Å². The van der Waals surface area contributed by atoms with E-state index in [1.54, 1.807) is 22.7 Å². The lowest BCUT2D eigenvalue weighted by Gasteiger charge is -2.17. The highest BCUT2D eigenvalue weighted by Crippen LogP contribution is 2.39. The summed E-state index contributed by atoms with van der Waals surface area (Å²) in [6, 6.07) is 19.3. The van der Waals surface area contributed by atoms with Crippen LogP contribution in [-0.4, -0.2) is 40.2 Å². The number of amides is 1. The summed E-state index contributed by atoms with van der Waals surface area (Å²) in [6.07, 6.45) is 2.17. The number of benzene rings is 2. The number of aromatic nitrogens is 2. The predicted octanol–water partition coefficient (Wildman–Crippen LogP) is 3.87. The molecule has 6 nitrogen and oxygen atoms in total. The number of aryl methyl sites for hydroxylation is 1. The molecule has 4 rings (SSSR count). The topological polar surface area (TPSA) is 64.4 Å². The Morgan fingerprint density at radius 3 is 2.47 bits per heavy atom. The molecule has 1 saturated carbocycles. The molecule has 0 unspecified atom stereocenters. The molecule has 0 aliphatic heterocycles. The highest BCUT2D eigenvalue weighted by molar-refractivity contribution is 5.90. The molecule has 1 aliphatic rings. The van der Waals surface area contributed by atoms with Crippen LogP contribution in [0.3, 0.4) is 0 Å². The van der Waals surface area contributed by atoms with Crippen LogP contribution < -0.4 is 0 Å². The minimum absolute atomic E-state index is 0.253. The zero-order chi connectivity index (χ0) is 21.1. The Morgan fingerprint density at radius 2 is 1.80 bits per heavy atom. The second-order valence-corrected chi connectivity index (χ2v) is 7.79. The first kappa shape index (κ1) is 19.9. The molecule has 3 aromatic rings. The fourth-order valence-electron chi connectivity index (χ4n) is 3.26. The van der Waals surface area contributed by atoms with E-state index in [4.69, 9.17) is 4.74 Å². The van der Waals surface area contributed by atoms with Crippen molar-refractivity contribution in [3.05, 3.63) is 83.2 Å².